The van der Waals surface area contributed by atoms with Gasteiger partial charge in [0.1, 0.15) is 11.6 Å². The number of nitrogens with zero attached hydrogens (tertiary/aromatic N) is 2. The Hall–Kier alpha value is -1.52. The number of hydrogen-bond acceptors (Lipinski definition) is 4. The molecule has 3 rings (SSSR count). The summed E-state index contributed by atoms with van der Waals surface area (Å²) in [5.74, 6) is 2.04. The van der Waals surface area contributed by atoms with Gasteiger partial charge in [-0.05, 0) is 69.2 Å². The van der Waals surface area contributed by atoms with Gasteiger partial charge in [-0.25, -0.2) is 0 Å². The molecule has 0 N–H and O–H groups in total. The van der Waals surface area contributed by atoms with Crippen LogP contribution >= 0.6 is 0 Å². The first-order valence-electron chi connectivity index (χ1n) is 10.9. The van der Waals surface area contributed by atoms with E-state index in [1.165, 1.54) is 11.1 Å². The highest BCUT2D eigenvalue weighted by atomic mass is 16.1. The van der Waals surface area contributed by atoms with Crippen molar-refractivity contribution in [2.75, 3.05) is 20.1 Å². The Balaban J connectivity index is 1.73. The second kappa shape index (κ2) is 8.87. The molecule has 5 unspecified atom stereocenters. The largest absolute Gasteiger partial charge is 0.298 e. The van der Waals surface area contributed by atoms with Crippen molar-refractivity contribution in [3.05, 3.63) is 35.4 Å². The molecule has 0 radical (unpaired) electrons. The molecule has 0 saturated carbocycles. The summed E-state index contributed by atoms with van der Waals surface area (Å²) >= 11 is 0. The molecule has 0 amide bonds. The van der Waals surface area contributed by atoms with Gasteiger partial charge in [0.2, 0.25) is 0 Å². The van der Waals surface area contributed by atoms with Crippen LogP contribution in [0.1, 0.15) is 64.0 Å². The quantitative estimate of drug-likeness (QED) is 0.715. The van der Waals surface area contributed by atoms with Crippen molar-refractivity contribution in [2.45, 2.75) is 71.5 Å². The van der Waals surface area contributed by atoms with Crippen molar-refractivity contribution in [3.8, 4) is 0 Å². The number of carbonyl (C=O) groups excluding carboxylic acids is 2. The fourth-order valence-corrected chi connectivity index (χ4v) is 5.41. The van der Waals surface area contributed by atoms with Gasteiger partial charge in [-0.1, -0.05) is 44.5 Å². The summed E-state index contributed by atoms with van der Waals surface area (Å²) in [6, 6.07) is 8.91. The molecular weight excluding hydrogens is 348 g/mol. The second-order valence-corrected chi connectivity index (χ2v) is 9.11. The lowest BCUT2D eigenvalue weighted by molar-refractivity contribution is -0.123. The van der Waals surface area contributed by atoms with E-state index in [4.69, 9.17) is 0 Å². The van der Waals surface area contributed by atoms with Gasteiger partial charge in [0.05, 0.1) is 12.1 Å². The van der Waals surface area contributed by atoms with Gasteiger partial charge >= 0.3 is 0 Å². The number of rotatable bonds is 7. The lowest BCUT2D eigenvalue weighted by Crippen LogP contribution is -2.39. The van der Waals surface area contributed by atoms with Crippen LogP contribution < -0.4 is 0 Å². The van der Waals surface area contributed by atoms with Crippen LogP contribution in [0.2, 0.25) is 0 Å². The Bertz CT molecular complexity index is 716. The van der Waals surface area contributed by atoms with Crippen molar-refractivity contribution >= 4 is 11.6 Å². The van der Waals surface area contributed by atoms with Crippen molar-refractivity contribution in [1.29, 1.82) is 0 Å². The average Bonchev–Trinajstić information content (AvgIpc) is 3.25. The SMILES string of the molecule is CCC(C)C1CCN(Cc2cccc(C3CC(C(C)=O)N(C)C3)c2)C1C(C)=O. The molecule has 0 aromatic heterocycles. The summed E-state index contributed by atoms with van der Waals surface area (Å²) in [7, 11) is 2.05. The van der Waals surface area contributed by atoms with E-state index in [9.17, 15) is 9.59 Å². The van der Waals surface area contributed by atoms with Gasteiger partial charge in [0.15, 0.2) is 0 Å². The third-order valence-electron chi connectivity index (χ3n) is 7.17. The number of carbonyl (C=O) groups is 2. The zero-order chi connectivity index (χ0) is 20.4. The first kappa shape index (κ1) is 21.2. The Morgan fingerprint density at radius 1 is 1.21 bits per heavy atom. The standard InChI is InChI=1S/C24H36N2O2/c1-6-16(2)22-10-11-26(24(22)18(4)28)14-19-8-7-9-20(12-19)21-13-23(17(3)27)25(5)15-21/h7-9,12,16,21-24H,6,10-11,13-15H2,1-5H3. The van der Waals surface area contributed by atoms with Crippen molar-refractivity contribution < 1.29 is 9.59 Å². The summed E-state index contributed by atoms with van der Waals surface area (Å²) in [6.07, 6.45) is 3.15. The van der Waals surface area contributed by atoms with E-state index in [0.717, 1.165) is 38.9 Å². The third-order valence-corrected chi connectivity index (χ3v) is 7.17. The molecule has 1 aromatic carbocycles. The molecule has 2 fully saturated rings. The van der Waals surface area contributed by atoms with E-state index in [1.807, 2.05) is 7.05 Å². The molecule has 0 bridgehead atoms. The van der Waals surface area contributed by atoms with E-state index in [-0.39, 0.29) is 17.9 Å². The van der Waals surface area contributed by atoms with Gasteiger partial charge in [0, 0.05) is 13.1 Å². The number of likely N-dealkylation sites (N-methyl/N-ethyl adjacent to an activating group) is 1. The molecule has 0 spiro atoms. The van der Waals surface area contributed by atoms with Gasteiger partial charge in [-0.15, -0.1) is 0 Å². The van der Waals surface area contributed by atoms with Crippen LogP contribution in [-0.4, -0.2) is 53.6 Å². The molecule has 154 valence electrons. The molecule has 5 atom stereocenters. The van der Waals surface area contributed by atoms with Crippen LogP contribution in [0, 0.1) is 11.8 Å². The maximum Gasteiger partial charge on any atom is 0.147 e. The lowest BCUT2D eigenvalue weighted by Gasteiger charge is -2.29. The highest BCUT2D eigenvalue weighted by molar-refractivity contribution is 5.82. The maximum atomic E-state index is 12.4. The van der Waals surface area contributed by atoms with Crippen molar-refractivity contribution in [1.82, 2.24) is 9.80 Å². The predicted molar refractivity (Wildman–Crippen MR) is 113 cm³/mol. The third kappa shape index (κ3) is 4.38. The van der Waals surface area contributed by atoms with Gasteiger partial charge in [-0.3, -0.25) is 19.4 Å². The molecule has 0 aliphatic carbocycles. The van der Waals surface area contributed by atoms with Gasteiger partial charge < -0.3 is 0 Å². The zero-order valence-corrected chi connectivity index (χ0v) is 18.1. The monoisotopic (exact) mass is 384 g/mol. The molecule has 28 heavy (non-hydrogen) atoms. The van der Waals surface area contributed by atoms with E-state index in [0.29, 0.717) is 23.5 Å². The summed E-state index contributed by atoms with van der Waals surface area (Å²) in [4.78, 5) is 28.8. The molecule has 4 nitrogen and oxygen atoms in total. The fourth-order valence-electron chi connectivity index (χ4n) is 5.41. The summed E-state index contributed by atoms with van der Waals surface area (Å²) in [5.41, 5.74) is 2.60. The molecule has 1 aromatic rings. The Labute approximate surface area is 170 Å². The normalized spacial score (nSPS) is 29.9. The van der Waals surface area contributed by atoms with Gasteiger partial charge in [-0.2, -0.15) is 0 Å². The molecule has 2 aliphatic rings. The minimum absolute atomic E-state index is 0.0469. The van der Waals surface area contributed by atoms with Crippen LogP contribution in [0.5, 0.6) is 0 Å². The predicted octanol–water partition coefficient (Wildman–Crippen LogP) is 3.89. The molecule has 2 saturated heterocycles. The van der Waals surface area contributed by atoms with E-state index in [2.05, 4.69) is 47.9 Å². The number of ketones is 2. The van der Waals surface area contributed by atoms with E-state index < -0.39 is 0 Å². The molecule has 4 heteroatoms. The average molecular weight is 385 g/mol. The molecular formula is C24H36N2O2. The molecule has 2 aliphatic heterocycles. The number of hydrogen-bond donors (Lipinski definition) is 0. The van der Waals surface area contributed by atoms with E-state index >= 15 is 0 Å². The number of Topliss-reactive ketones (excluding diaryl/α,β-unsaturated/α-hetero) is 2. The molecule has 2 heterocycles. The van der Waals surface area contributed by atoms with Gasteiger partial charge in [0.25, 0.3) is 0 Å². The summed E-state index contributed by atoms with van der Waals surface area (Å²) in [6.45, 7) is 10.7. The highest BCUT2D eigenvalue weighted by Crippen LogP contribution is 2.35. The second-order valence-electron chi connectivity index (χ2n) is 9.11. The lowest BCUT2D eigenvalue weighted by atomic mass is 9.84. The topological polar surface area (TPSA) is 40.6 Å². The van der Waals surface area contributed by atoms with Crippen molar-refractivity contribution in [2.24, 2.45) is 11.8 Å². The first-order valence-corrected chi connectivity index (χ1v) is 10.9. The Morgan fingerprint density at radius 3 is 2.57 bits per heavy atom. The fraction of sp³-hybridized carbons (Fsp3) is 0.667. The van der Waals surface area contributed by atoms with Crippen LogP contribution in [0.3, 0.4) is 0 Å². The van der Waals surface area contributed by atoms with Crippen LogP contribution in [0.25, 0.3) is 0 Å². The first-order chi connectivity index (χ1) is 13.3. The summed E-state index contributed by atoms with van der Waals surface area (Å²) < 4.78 is 0. The number of benzene rings is 1. The smallest absolute Gasteiger partial charge is 0.147 e. The van der Waals surface area contributed by atoms with Crippen LogP contribution in [0.15, 0.2) is 24.3 Å². The Kier molecular flexibility index (Phi) is 6.72. The zero-order valence-electron chi connectivity index (χ0n) is 18.1. The highest BCUT2D eigenvalue weighted by Gasteiger charge is 2.39. The van der Waals surface area contributed by atoms with Crippen molar-refractivity contribution in [3.63, 3.8) is 0 Å². The van der Waals surface area contributed by atoms with Crippen LogP contribution in [-0.2, 0) is 16.1 Å². The number of likely N-dealkylation sites (tertiary alicyclic amines) is 2. The summed E-state index contributed by atoms with van der Waals surface area (Å²) in [5, 5.41) is 0. The Morgan fingerprint density at radius 2 is 1.96 bits per heavy atom. The van der Waals surface area contributed by atoms with Crippen LogP contribution in [0.4, 0.5) is 0 Å². The minimum Gasteiger partial charge on any atom is -0.298 e. The van der Waals surface area contributed by atoms with E-state index in [1.54, 1.807) is 13.8 Å². The maximum absolute atomic E-state index is 12.4. The minimum atomic E-state index is 0.0469.